The van der Waals surface area contributed by atoms with E-state index in [0.29, 0.717) is 25.7 Å². The topological polar surface area (TPSA) is 112 Å². The van der Waals surface area contributed by atoms with Crippen molar-refractivity contribution in [2.24, 2.45) is 0 Å². The average Bonchev–Trinajstić information content (AvgIpc) is 3.02. The molecular formula is C39H74NO6+. The van der Waals surface area contributed by atoms with Crippen LogP contribution in [0.15, 0.2) is 12.2 Å². The Morgan fingerprint density at radius 2 is 0.717 bits per heavy atom. The monoisotopic (exact) mass is 653 g/mol. The molecule has 46 heavy (non-hydrogen) atoms. The van der Waals surface area contributed by atoms with E-state index >= 15 is 0 Å². The Morgan fingerprint density at radius 3 is 1.00 bits per heavy atom. The molecule has 0 heterocycles. The fourth-order valence-electron chi connectivity index (χ4n) is 7.34. The van der Waals surface area contributed by atoms with E-state index in [-0.39, 0.29) is 30.3 Å². The fourth-order valence-corrected chi connectivity index (χ4v) is 7.34. The first kappa shape index (κ1) is 44.1. The van der Waals surface area contributed by atoms with Crippen LogP contribution < -0.4 is 0 Å². The number of quaternary nitrogens is 1. The van der Waals surface area contributed by atoms with E-state index < -0.39 is 36.0 Å². The normalized spacial score (nSPS) is 15.0. The van der Waals surface area contributed by atoms with E-state index in [1.165, 1.54) is 89.9 Å². The SMILES string of the molecule is CCCCCCCCCCCC/C=C/CCCCCCCCCC[N+](C(CCC)C(=O)O)(C(CCC)C(=O)O)C(CCC)C(=O)O. The molecule has 0 rings (SSSR count). The van der Waals surface area contributed by atoms with Crippen LogP contribution in [0.25, 0.3) is 0 Å². The quantitative estimate of drug-likeness (QED) is 0.0362. The molecule has 0 amide bonds. The Hall–Kier alpha value is -1.89. The molecule has 0 saturated carbocycles. The Kier molecular flexibility index (Phi) is 28.1. The second-order valence-electron chi connectivity index (χ2n) is 13.7. The lowest BCUT2D eigenvalue weighted by atomic mass is 9.91. The van der Waals surface area contributed by atoms with Crippen molar-refractivity contribution < 1.29 is 34.2 Å². The Bertz CT molecular complexity index is 738. The van der Waals surface area contributed by atoms with Crippen LogP contribution in [0.4, 0.5) is 0 Å². The number of carboxylic acid groups (broad SMARTS) is 3. The van der Waals surface area contributed by atoms with Crippen LogP contribution in [-0.4, -0.2) is 62.4 Å². The van der Waals surface area contributed by atoms with Gasteiger partial charge in [-0.1, -0.05) is 130 Å². The number of allylic oxidation sites excluding steroid dienone is 2. The Morgan fingerprint density at radius 1 is 0.435 bits per heavy atom. The predicted molar refractivity (Wildman–Crippen MR) is 191 cm³/mol. The van der Waals surface area contributed by atoms with Crippen LogP contribution in [0.2, 0.25) is 0 Å². The number of carbonyl (C=O) groups is 3. The molecule has 0 bridgehead atoms. The summed E-state index contributed by atoms with van der Waals surface area (Å²) in [6.45, 7) is 8.19. The second kappa shape index (κ2) is 29.3. The minimum absolute atomic E-state index is 0.269. The maximum absolute atomic E-state index is 12.6. The summed E-state index contributed by atoms with van der Waals surface area (Å²) in [5.74, 6) is -3.25. The molecule has 0 aliphatic carbocycles. The standard InChI is InChI=1S/C39H73NO6/c1-5-9-10-11-12-13-14-15-16-17-18-19-20-21-22-23-24-25-26-27-28-29-33-40(34(30-6-2)37(41)42,35(31-7-3)38(43)44)36(32-8-4)39(45)46/h19-20,34-36H,5-18,21-33H2,1-4H3,(H2-,41,42,43,44,45,46)/p+1/b20-19+. The summed E-state index contributed by atoms with van der Waals surface area (Å²) < 4.78 is -0.373. The molecule has 3 atom stereocenters. The van der Waals surface area contributed by atoms with Crippen LogP contribution in [-0.2, 0) is 14.4 Å². The van der Waals surface area contributed by atoms with Gasteiger partial charge in [-0.2, -0.15) is 0 Å². The highest BCUT2D eigenvalue weighted by atomic mass is 16.4. The summed E-state index contributed by atoms with van der Waals surface area (Å²) in [6.07, 6.45) is 31.8. The van der Waals surface area contributed by atoms with E-state index in [4.69, 9.17) is 0 Å². The van der Waals surface area contributed by atoms with Gasteiger partial charge in [0.05, 0.1) is 6.54 Å². The van der Waals surface area contributed by atoms with E-state index in [1.54, 1.807) is 0 Å². The predicted octanol–water partition coefficient (Wildman–Crippen LogP) is 10.9. The minimum atomic E-state index is -1.08. The third-order valence-corrected chi connectivity index (χ3v) is 9.84. The van der Waals surface area contributed by atoms with Gasteiger partial charge >= 0.3 is 17.9 Å². The van der Waals surface area contributed by atoms with Crippen molar-refractivity contribution in [3.63, 3.8) is 0 Å². The molecule has 0 aromatic rings. The van der Waals surface area contributed by atoms with Crippen LogP contribution in [0.5, 0.6) is 0 Å². The molecule has 7 heteroatoms. The van der Waals surface area contributed by atoms with Gasteiger partial charge in [0.1, 0.15) is 0 Å². The van der Waals surface area contributed by atoms with Crippen molar-refractivity contribution in [2.45, 2.75) is 213 Å². The maximum Gasteiger partial charge on any atom is 0.362 e. The van der Waals surface area contributed by atoms with Crippen molar-refractivity contribution in [3.8, 4) is 0 Å². The molecule has 0 saturated heterocycles. The van der Waals surface area contributed by atoms with E-state index in [0.717, 1.165) is 32.1 Å². The summed E-state index contributed by atoms with van der Waals surface area (Å²) in [6, 6.07) is -3.14. The molecule has 7 nitrogen and oxygen atoms in total. The van der Waals surface area contributed by atoms with Crippen molar-refractivity contribution in [1.82, 2.24) is 0 Å². The zero-order valence-electron chi connectivity index (χ0n) is 30.5. The van der Waals surface area contributed by atoms with Crippen molar-refractivity contribution >= 4 is 17.9 Å². The van der Waals surface area contributed by atoms with Crippen molar-refractivity contribution in [1.29, 1.82) is 0 Å². The molecule has 0 aliphatic rings. The summed E-state index contributed by atoms with van der Waals surface area (Å²) in [4.78, 5) is 37.9. The van der Waals surface area contributed by atoms with Crippen LogP contribution >= 0.6 is 0 Å². The zero-order chi connectivity index (χ0) is 34.5. The zero-order valence-corrected chi connectivity index (χ0v) is 30.5. The smallest absolute Gasteiger partial charge is 0.362 e. The van der Waals surface area contributed by atoms with E-state index in [2.05, 4.69) is 19.1 Å². The van der Waals surface area contributed by atoms with Gasteiger partial charge in [0.25, 0.3) is 0 Å². The first-order valence-electron chi connectivity index (χ1n) is 19.4. The summed E-state index contributed by atoms with van der Waals surface area (Å²) in [5.41, 5.74) is 0. The highest BCUT2D eigenvalue weighted by Gasteiger charge is 2.56. The third kappa shape index (κ3) is 18.4. The van der Waals surface area contributed by atoms with Gasteiger partial charge in [0.15, 0.2) is 18.1 Å². The number of rotatable bonds is 34. The van der Waals surface area contributed by atoms with E-state index in [1.807, 2.05) is 20.8 Å². The number of nitrogens with zero attached hydrogens (tertiary/aromatic N) is 1. The third-order valence-electron chi connectivity index (χ3n) is 9.84. The minimum Gasteiger partial charge on any atom is -0.477 e. The highest BCUT2D eigenvalue weighted by Crippen LogP contribution is 2.34. The number of hydrogen-bond donors (Lipinski definition) is 3. The molecule has 3 N–H and O–H groups in total. The number of aliphatic carboxylic acids is 3. The first-order chi connectivity index (χ1) is 22.2. The molecule has 0 spiro atoms. The van der Waals surface area contributed by atoms with Crippen LogP contribution in [0.1, 0.15) is 195 Å². The summed E-state index contributed by atoms with van der Waals surface area (Å²) in [7, 11) is 0. The molecule has 0 aromatic carbocycles. The molecule has 270 valence electrons. The van der Waals surface area contributed by atoms with Crippen molar-refractivity contribution in [3.05, 3.63) is 12.2 Å². The lowest BCUT2D eigenvalue weighted by Crippen LogP contribution is -2.72. The Balaban J connectivity index is 4.61. The molecule has 0 radical (unpaired) electrons. The molecular weight excluding hydrogens is 578 g/mol. The van der Waals surface area contributed by atoms with Gasteiger partial charge in [-0.15, -0.1) is 0 Å². The Labute approximate surface area is 283 Å². The van der Waals surface area contributed by atoms with Gasteiger partial charge in [-0.05, 0) is 57.8 Å². The van der Waals surface area contributed by atoms with Gasteiger partial charge in [0.2, 0.25) is 0 Å². The van der Waals surface area contributed by atoms with Crippen molar-refractivity contribution in [2.75, 3.05) is 6.54 Å². The highest BCUT2D eigenvalue weighted by molar-refractivity contribution is 5.78. The van der Waals surface area contributed by atoms with Crippen LogP contribution in [0.3, 0.4) is 0 Å². The van der Waals surface area contributed by atoms with Crippen LogP contribution in [0, 0.1) is 0 Å². The molecule has 0 fully saturated rings. The number of carboxylic acids is 3. The van der Waals surface area contributed by atoms with E-state index in [9.17, 15) is 29.7 Å². The lowest BCUT2D eigenvalue weighted by molar-refractivity contribution is -0.973. The number of hydrogen-bond acceptors (Lipinski definition) is 3. The molecule has 0 aliphatic heterocycles. The van der Waals surface area contributed by atoms with Gasteiger partial charge in [-0.3, -0.25) is 4.48 Å². The fraction of sp³-hybridized carbons (Fsp3) is 0.872. The molecule has 0 aromatic heterocycles. The summed E-state index contributed by atoms with van der Waals surface area (Å²) >= 11 is 0. The average molecular weight is 653 g/mol. The maximum atomic E-state index is 12.6. The molecule has 3 unspecified atom stereocenters. The number of unbranched alkanes of at least 4 members (excludes halogenated alkanes) is 18. The van der Waals surface area contributed by atoms with Gasteiger partial charge in [-0.25, -0.2) is 14.4 Å². The second-order valence-corrected chi connectivity index (χ2v) is 13.7. The first-order valence-corrected chi connectivity index (χ1v) is 19.4. The largest absolute Gasteiger partial charge is 0.477 e. The van der Waals surface area contributed by atoms with Gasteiger partial charge in [0, 0.05) is 19.3 Å². The van der Waals surface area contributed by atoms with Gasteiger partial charge < -0.3 is 15.3 Å². The lowest BCUT2D eigenvalue weighted by Gasteiger charge is -2.50. The summed E-state index contributed by atoms with van der Waals surface area (Å²) in [5, 5.41) is 30.9.